The Balaban J connectivity index is 1.63. The van der Waals surface area contributed by atoms with Crippen molar-refractivity contribution in [3.8, 4) is 0 Å². The van der Waals surface area contributed by atoms with Crippen LogP contribution in [0.4, 0.5) is 10.5 Å². The molecule has 0 saturated carbocycles. The number of morpholine rings is 1. The lowest BCUT2D eigenvalue weighted by molar-refractivity contribution is 0.0730. The minimum Gasteiger partial charge on any atom is -0.379 e. The predicted octanol–water partition coefficient (Wildman–Crippen LogP) is 3.38. The molecule has 0 radical (unpaired) electrons. The number of carbonyl (C=O) groups is 1. The van der Waals surface area contributed by atoms with Crippen LogP contribution >= 0.6 is 23.2 Å². The number of benzene rings is 2. The molecule has 156 valence electrons. The Kier molecular flexibility index (Phi) is 7.37. The summed E-state index contributed by atoms with van der Waals surface area (Å²) < 4.78 is 32.1. The lowest BCUT2D eigenvalue weighted by Crippen LogP contribution is -2.40. The van der Waals surface area contributed by atoms with Gasteiger partial charge in [-0.3, -0.25) is 0 Å². The summed E-state index contributed by atoms with van der Waals surface area (Å²) in [6.07, 6.45) is 0.562. The molecule has 1 heterocycles. The molecule has 0 spiro atoms. The van der Waals surface area contributed by atoms with Crippen molar-refractivity contribution in [3.63, 3.8) is 0 Å². The fraction of sp³-hybridized carbons (Fsp3) is 0.316. The van der Waals surface area contributed by atoms with Gasteiger partial charge in [0.05, 0.1) is 28.8 Å². The highest BCUT2D eigenvalue weighted by Gasteiger charge is 2.27. The number of nitrogens with zero attached hydrogens (tertiary/aromatic N) is 1. The van der Waals surface area contributed by atoms with Crippen molar-refractivity contribution in [1.82, 2.24) is 9.62 Å². The first kappa shape index (κ1) is 21.9. The van der Waals surface area contributed by atoms with Gasteiger partial charge in [0.2, 0.25) is 10.0 Å². The van der Waals surface area contributed by atoms with Gasteiger partial charge in [0.25, 0.3) is 0 Å². The maximum Gasteiger partial charge on any atom is 0.319 e. The molecular weight excluding hydrogens is 437 g/mol. The molecule has 0 aromatic heterocycles. The number of halogens is 2. The minimum atomic E-state index is -3.69. The van der Waals surface area contributed by atoms with Crippen LogP contribution in [0.15, 0.2) is 47.4 Å². The highest BCUT2D eigenvalue weighted by atomic mass is 35.5. The third kappa shape index (κ3) is 5.61. The molecule has 0 atom stereocenters. The van der Waals surface area contributed by atoms with Gasteiger partial charge in [-0.15, -0.1) is 0 Å². The van der Waals surface area contributed by atoms with Gasteiger partial charge in [-0.25, -0.2) is 13.2 Å². The number of urea groups is 1. The number of carbonyl (C=O) groups excluding carboxylic acids is 1. The van der Waals surface area contributed by atoms with E-state index >= 15 is 0 Å². The first-order valence-corrected chi connectivity index (χ1v) is 11.2. The Morgan fingerprint density at radius 2 is 1.79 bits per heavy atom. The van der Waals surface area contributed by atoms with Crippen molar-refractivity contribution < 1.29 is 17.9 Å². The van der Waals surface area contributed by atoms with Crippen LogP contribution in [0, 0.1) is 0 Å². The number of ether oxygens (including phenoxy) is 1. The summed E-state index contributed by atoms with van der Waals surface area (Å²) in [7, 11) is -3.69. The average Bonchev–Trinajstić information content (AvgIpc) is 2.71. The largest absolute Gasteiger partial charge is 0.379 e. The summed E-state index contributed by atoms with van der Waals surface area (Å²) in [5.41, 5.74) is 1.14. The lowest BCUT2D eigenvalue weighted by Gasteiger charge is -2.26. The third-order valence-corrected chi connectivity index (χ3v) is 7.02. The van der Waals surface area contributed by atoms with Gasteiger partial charge < -0.3 is 15.4 Å². The first-order chi connectivity index (χ1) is 13.9. The normalized spacial score (nSPS) is 15.1. The molecule has 1 saturated heterocycles. The molecule has 0 unspecified atom stereocenters. The molecule has 1 fully saturated rings. The van der Waals surface area contributed by atoms with E-state index in [1.165, 1.54) is 22.5 Å². The molecule has 29 heavy (non-hydrogen) atoms. The van der Waals surface area contributed by atoms with E-state index in [1.807, 2.05) is 18.2 Å². The topological polar surface area (TPSA) is 87.7 Å². The second-order valence-corrected chi connectivity index (χ2v) is 9.13. The van der Waals surface area contributed by atoms with Crippen LogP contribution in [-0.4, -0.2) is 51.6 Å². The number of amides is 2. The average molecular weight is 458 g/mol. The van der Waals surface area contributed by atoms with E-state index in [4.69, 9.17) is 27.9 Å². The number of nitrogens with one attached hydrogen (secondary N) is 2. The van der Waals surface area contributed by atoms with Crippen LogP contribution in [0.3, 0.4) is 0 Å². The van der Waals surface area contributed by atoms with Gasteiger partial charge in [0.1, 0.15) is 0 Å². The van der Waals surface area contributed by atoms with Crippen LogP contribution in [0.5, 0.6) is 0 Å². The third-order valence-electron chi connectivity index (χ3n) is 4.43. The molecule has 2 aromatic rings. The Bertz CT molecular complexity index is 979. The fourth-order valence-electron chi connectivity index (χ4n) is 2.88. The summed E-state index contributed by atoms with van der Waals surface area (Å²) in [6.45, 7) is 1.64. The van der Waals surface area contributed by atoms with Crippen molar-refractivity contribution >= 4 is 44.9 Å². The molecule has 10 heteroatoms. The summed E-state index contributed by atoms with van der Waals surface area (Å²) in [4.78, 5) is 12.3. The molecule has 2 amide bonds. The van der Waals surface area contributed by atoms with E-state index in [-0.39, 0.29) is 28.7 Å². The van der Waals surface area contributed by atoms with Gasteiger partial charge in [-0.2, -0.15) is 4.31 Å². The number of sulfonamides is 1. The number of anilines is 1. The van der Waals surface area contributed by atoms with Gasteiger partial charge >= 0.3 is 6.03 Å². The summed E-state index contributed by atoms with van der Waals surface area (Å²) in [5.74, 6) is 0. The van der Waals surface area contributed by atoms with Crippen molar-refractivity contribution in [2.24, 2.45) is 0 Å². The van der Waals surface area contributed by atoms with Crippen molar-refractivity contribution in [3.05, 3.63) is 58.1 Å². The van der Waals surface area contributed by atoms with E-state index in [2.05, 4.69) is 10.6 Å². The standard InChI is InChI=1S/C19H21Cl2N3O4S/c20-16-4-2-1-3-14(16)7-8-22-19(25)23-18-13-15(5-6-17(18)21)29(26,27)24-9-11-28-12-10-24/h1-6,13H,7-12H2,(H2,22,23,25). The van der Waals surface area contributed by atoms with E-state index in [0.29, 0.717) is 31.2 Å². The molecule has 2 N–H and O–H groups in total. The Hall–Kier alpha value is -1.84. The predicted molar refractivity (Wildman–Crippen MR) is 113 cm³/mol. The fourth-order valence-corrected chi connectivity index (χ4v) is 4.70. The smallest absolute Gasteiger partial charge is 0.319 e. The van der Waals surface area contributed by atoms with Crippen molar-refractivity contribution in [1.29, 1.82) is 0 Å². The second kappa shape index (κ2) is 9.77. The zero-order valence-corrected chi connectivity index (χ0v) is 17.9. The van der Waals surface area contributed by atoms with Gasteiger partial charge in [0.15, 0.2) is 0 Å². The molecule has 2 aromatic carbocycles. The molecular formula is C19H21Cl2N3O4S. The Morgan fingerprint density at radius 3 is 2.52 bits per heavy atom. The van der Waals surface area contributed by atoms with Crippen molar-refractivity contribution in [2.45, 2.75) is 11.3 Å². The Labute approximate surface area is 180 Å². The second-order valence-electron chi connectivity index (χ2n) is 6.38. The van der Waals surface area contributed by atoms with Crippen molar-refractivity contribution in [2.75, 3.05) is 38.2 Å². The lowest BCUT2D eigenvalue weighted by atomic mass is 10.1. The summed E-state index contributed by atoms with van der Waals surface area (Å²) in [6, 6.07) is 11.1. The Morgan fingerprint density at radius 1 is 1.07 bits per heavy atom. The molecule has 1 aliphatic heterocycles. The maximum absolute atomic E-state index is 12.8. The van der Waals surface area contributed by atoms with E-state index in [9.17, 15) is 13.2 Å². The van der Waals surface area contributed by atoms with Gasteiger partial charge in [-0.1, -0.05) is 41.4 Å². The zero-order chi connectivity index (χ0) is 20.9. The van der Waals surface area contributed by atoms with Crippen LogP contribution in [0.2, 0.25) is 10.0 Å². The van der Waals surface area contributed by atoms with Crippen LogP contribution in [-0.2, 0) is 21.2 Å². The molecule has 3 rings (SSSR count). The van der Waals surface area contributed by atoms with E-state index in [0.717, 1.165) is 5.56 Å². The summed E-state index contributed by atoms with van der Waals surface area (Å²) >= 11 is 12.2. The van der Waals surface area contributed by atoms with Gasteiger partial charge in [-0.05, 0) is 36.2 Å². The van der Waals surface area contributed by atoms with Crippen LogP contribution in [0.25, 0.3) is 0 Å². The summed E-state index contributed by atoms with van der Waals surface area (Å²) in [5, 5.41) is 6.20. The number of hydrogen-bond acceptors (Lipinski definition) is 4. The van der Waals surface area contributed by atoms with E-state index < -0.39 is 16.1 Å². The van der Waals surface area contributed by atoms with Crippen LogP contribution < -0.4 is 10.6 Å². The highest BCUT2D eigenvalue weighted by molar-refractivity contribution is 7.89. The molecule has 0 aliphatic carbocycles. The zero-order valence-electron chi connectivity index (χ0n) is 15.5. The minimum absolute atomic E-state index is 0.0650. The first-order valence-electron chi connectivity index (χ1n) is 9.03. The maximum atomic E-state index is 12.8. The van der Waals surface area contributed by atoms with Crippen LogP contribution in [0.1, 0.15) is 5.56 Å². The van der Waals surface area contributed by atoms with Gasteiger partial charge in [0, 0.05) is 24.7 Å². The SMILES string of the molecule is O=C(NCCc1ccccc1Cl)Nc1cc(S(=O)(=O)N2CCOCC2)ccc1Cl. The number of rotatable bonds is 6. The quantitative estimate of drug-likeness (QED) is 0.695. The molecule has 1 aliphatic rings. The molecule has 0 bridgehead atoms. The van der Waals surface area contributed by atoms with E-state index in [1.54, 1.807) is 6.07 Å². The molecule has 7 nitrogen and oxygen atoms in total. The number of hydrogen-bond donors (Lipinski definition) is 2. The monoisotopic (exact) mass is 457 g/mol. The highest BCUT2D eigenvalue weighted by Crippen LogP contribution is 2.27.